The summed E-state index contributed by atoms with van der Waals surface area (Å²) in [6.07, 6.45) is 1.59. The summed E-state index contributed by atoms with van der Waals surface area (Å²) in [6, 6.07) is 11.3. The number of aromatic nitrogens is 4. The van der Waals surface area contributed by atoms with Crippen LogP contribution in [0.3, 0.4) is 0 Å². The molecule has 0 N–H and O–H groups in total. The van der Waals surface area contributed by atoms with Crippen molar-refractivity contribution in [1.29, 1.82) is 0 Å². The lowest BCUT2D eigenvalue weighted by atomic mass is 10.3. The summed E-state index contributed by atoms with van der Waals surface area (Å²) < 4.78 is 1.69. The summed E-state index contributed by atoms with van der Waals surface area (Å²) in [7, 11) is 0. The summed E-state index contributed by atoms with van der Waals surface area (Å²) in [5.41, 5.74) is 1.77. The number of hydrogen-bond acceptors (Lipinski definition) is 3. The highest BCUT2D eigenvalue weighted by molar-refractivity contribution is 6.30. The van der Waals surface area contributed by atoms with Gasteiger partial charge in [-0.05, 0) is 24.3 Å². The van der Waals surface area contributed by atoms with Gasteiger partial charge in [-0.1, -0.05) is 28.9 Å². The van der Waals surface area contributed by atoms with Gasteiger partial charge in [0, 0.05) is 6.20 Å². The van der Waals surface area contributed by atoms with Gasteiger partial charge in [0.1, 0.15) is 5.52 Å². The first kappa shape index (κ1) is 9.30. The molecule has 0 aliphatic carbocycles. The minimum Gasteiger partial charge on any atom is -0.235 e. The van der Waals surface area contributed by atoms with Crippen molar-refractivity contribution in [3.63, 3.8) is 0 Å². The van der Waals surface area contributed by atoms with Crippen LogP contribution in [0.4, 0.5) is 0 Å². The first-order valence-electron chi connectivity index (χ1n) is 4.77. The summed E-state index contributed by atoms with van der Waals surface area (Å²) in [6.45, 7) is 0. The molecule has 0 radical (unpaired) electrons. The van der Waals surface area contributed by atoms with E-state index in [2.05, 4.69) is 15.3 Å². The second-order valence-corrected chi connectivity index (χ2v) is 3.76. The van der Waals surface area contributed by atoms with Gasteiger partial charge in [-0.15, -0.1) is 5.10 Å². The van der Waals surface area contributed by atoms with Crippen LogP contribution in [0.5, 0.6) is 0 Å². The zero-order chi connectivity index (χ0) is 11.0. The Morgan fingerprint density at radius 1 is 1.06 bits per heavy atom. The third kappa shape index (κ3) is 1.44. The van der Waals surface area contributed by atoms with Crippen molar-refractivity contribution in [3.05, 3.63) is 47.6 Å². The van der Waals surface area contributed by atoms with Gasteiger partial charge in [0.2, 0.25) is 0 Å². The molecule has 3 rings (SSSR count). The predicted molar refractivity (Wildman–Crippen MR) is 61.7 cm³/mol. The van der Waals surface area contributed by atoms with E-state index in [-0.39, 0.29) is 0 Å². The zero-order valence-corrected chi connectivity index (χ0v) is 8.96. The van der Waals surface area contributed by atoms with E-state index in [9.17, 15) is 0 Å². The molecule has 2 aromatic heterocycles. The maximum Gasteiger partial charge on any atom is 0.155 e. The molecule has 0 atom stereocenters. The van der Waals surface area contributed by atoms with Crippen molar-refractivity contribution in [3.8, 4) is 5.82 Å². The standard InChI is InChI=1S/C11H7ClN4/c12-8-5-6-11(13-7-8)16-10-4-2-1-3-9(10)14-15-16/h1-7H. The molecular weight excluding hydrogens is 224 g/mol. The molecule has 16 heavy (non-hydrogen) atoms. The largest absolute Gasteiger partial charge is 0.235 e. The van der Waals surface area contributed by atoms with Crippen molar-refractivity contribution < 1.29 is 0 Å². The molecule has 0 spiro atoms. The van der Waals surface area contributed by atoms with E-state index >= 15 is 0 Å². The fourth-order valence-corrected chi connectivity index (χ4v) is 1.64. The average molecular weight is 231 g/mol. The lowest BCUT2D eigenvalue weighted by Crippen LogP contribution is -1.98. The maximum absolute atomic E-state index is 5.78. The Kier molecular flexibility index (Phi) is 2.08. The molecule has 3 aromatic rings. The second-order valence-electron chi connectivity index (χ2n) is 3.32. The monoisotopic (exact) mass is 230 g/mol. The molecule has 0 aliphatic rings. The smallest absolute Gasteiger partial charge is 0.155 e. The number of para-hydroxylation sites is 1. The van der Waals surface area contributed by atoms with E-state index < -0.39 is 0 Å². The molecule has 0 bridgehead atoms. The quantitative estimate of drug-likeness (QED) is 0.645. The minimum absolute atomic E-state index is 0.605. The third-order valence-electron chi connectivity index (χ3n) is 2.28. The third-order valence-corrected chi connectivity index (χ3v) is 2.50. The van der Waals surface area contributed by atoms with Crippen LogP contribution in [0.25, 0.3) is 16.9 Å². The van der Waals surface area contributed by atoms with Crippen LogP contribution in [-0.4, -0.2) is 20.0 Å². The number of benzene rings is 1. The highest BCUT2D eigenvalue weighted by atomic mass is 35.5. The van der Waals surface area contributed by atoms with Crippen molar-refractivity contribution in [1.82, 2.24) is 20.0 Å². The molecule has 0 aliphatic heterocycles. The zero-order valence-electron chi connectivity index (χ0n) is 8.21. The molecule has 5 heteroatoms. The van der Waals surface area contributed by atoms with Crippen LogP contribution in [0.15, 0.2) is 42.6 Å². The molecule has 4 nitrogen and oxygen atoms in total. The van der Waals surface area contributed by atoms with E-state index in [1.807, 2.05) is 30.3 Å². The Hall–Kier alpha value is -1.94. The lowest BCUT2D eigenvalue weighted by Gasteiger charge is -2.00. The van der Waals surface area contributed by atoms with Gasteiger partial charge in [0.25, 0.3) is 0 Å². The Bertz CT molecular complexity index is 630. The van der Waals surface area contributed by atoms with Crippen molar-refractivity contribution in [2.24, 2.45) is 0 Å². The SMILES string of the molecule is Clc1ccc(-n2nnc3ccccc32)nc1. The number of fused-ring (bicyclic) bond motifs is 1. The number of rotatable bonds is 1. The summed E-state index contributed by atoms with van der Waals surface area (Å²) >= 11 is 5.78. The summed E-state index contributed by atoms with van der Waals surface area (Å²) in [5, 5.41) is 8.72. The molecule has 0 amide bonds. The van der Waals surface area contributed by atoms with Gasteiger partial charge in [-0.25, -0.2) is 4.98 Å². The van der Waals surface area contributed by atoms with Gasteiger partial charge in [-0.2, -0.15) is 4.68 Å². The fourth-order valence-electron chi connectivity index (χ4n) is 1.53. The molecule has 2 heterocycles. The van der Waals surface area contributed by atoms with E-state index in [0.29, 0.717) is 10.8 Å². The van der Waals surface area contributed by atoms with Crippen molar-refractivity contribution >= 4 is 22.6 Å². The molecule has 0 unspecified atom stereocenters. The lowest BCUT2D eigenvalue weighted by molar-refractivity contribution is 0.801. The van der Waals surface area contributed by atoms with Crippen LogP contribution in [-0.2, 0) is 0 Å². The molecule has 1 aromatic carbocycles. The first-order chi connectivity index (χ1) is 7.84. The summed E-state index contributed by atoms with van der Waals surface area (Å²) in [4.78, 5) is 4.20. The topological polar surface area (TPSA) is 43.6 Å². The first-order valence-corrected chi connectivity index (χ1v) is 5.15. The highest BCUT2D eigenvalue weighted by Gasteiger charge is 2.05. The molecular formula is C11H7ClN4. The van der Waals surface area contributed by atoms with Crippen LogP contribution in [0, 0.1) is 0 Å². The van der Waals surface area contributed by atoms with Gasteiger partial charge in [0.15, 0.2) is 5.82 Å². The van der Waals surface area contributed by atoms with Gasteiger partial charge in [0.05, 0.1) is 10.5 Å². The van der Waals surface area contributed by atoms with Crippen LogP contribution in [0.1, 0.15) is 0 Å². The average Bonchev–Trinajstić information content (AvgIpc) is 2.74. The number of hydrogen-bond donors (Lipinski definition) is 0. The Morgan fingerprint density at radius 3 is 2.75 bits per heavy atom. The molecule has 78 valence electrons. The number of nitrogens with zero attached hydrogens (tertiary/aromatic N) is 4. The van der Waals surface area contributed by atoms with E-state index in [1.54, 1.807) is 16.9 Å². The Balaban J connectivity index is 2.22. The molecule has 0 fully saturated rings. The Morgan fingerprint density at radius 2 is 1.94 bits per heavy atom. The summed E-state index contributed by atoms with van der Waals surface area (Å²) in [5.74, 6) is 0.707. The maximum atomic E-state index is 5.78. The van der Waals surface area contributed by atoms with Crippen LogP contribution >= 0.6 is 11.6 Å². The van der Waals surface area contributed by atoms with E-state index in [1.165, 1.54) is 0 Å². The second kappa shape index (κ2) is 3.57. The normalized spacial score (nSPS) is 10.8. The van der Waals surface area contributed by atoms with Crippen LogP contribution < -0.4 is 0 Å². The molecule has 0 saturated heterocycles. The minimum atomic E-state index is 0.605. The van der Waals surface area contributed by atoms with Crippen molar-refractivity contribution in [2.75, 3.05) is 0 Å². The Labute approximate surface area is 96.5 Å². The number of halogens is 1. The fraction of sp³-hybridized carbons (Fsp3) is 0. The van der Waals surface area contributed by atoms with Gasteiger partial charge >= 0.3 is 0 Å². The highest BCUT2D eigenvalue weighted by Crippen LogP contribution is 2.15. The van der Waals surface area contributed by atoms with Gasteiger partial charge < -0.3 is 0 Å². The van der Waals surface area contributed by atoms with Crippen molar-refractivity contribution in [2.45, 2.75) is 0 Å². The van der Waals surface area contributed by atoms with E-state index in [4.69, 9.17) is 11.6 Å². The molecule has 0 saturated carbocycles. The number of pyridine rings is 1. The van der Waals surface area contributed by atoms with Crippen LogP contribution in [0.2, 0.25) is 5.02 Å². The predicted octanol–water partition coefficient (Wildman–Crippen LogP) is 2.47. The van der Waals surface area contributed by atoms with Gasteiger partial charge in [-0.3, -0.25) is 0 Å². The van der Waals surface area contributed by atoms with E-state index in [0.717, 1.165) is 11.0 Å².